The molecule has 4 aromatic rings. The number of nitrogen functional groups attached to an aromatic ring is 2. The summed E-state index contributed by atoms with van der Waals surface area (Å²) in [6.07, 6.45) is -3.03. The van der Waals surface area contributed by atoms with Gasteiger partial charge in [-0.05, 0) is 37.3 Å². The van der Waals surface area contributed by atoms with Crippen molar-refractivity contribution in [2.45, 2.75) is 19.4 Å². The molecule has 0 unspecified atom stereocenters. The first-order chi connectivity index (χ1) is 16.6. The summed E-state index contributed by atoms with van der Waals surface area (Å²) in [5.74, 6) is -2.57. The number of rotatable bonds is 5. The van der Waals surface area contributed by atoms with E-state index in [0.29, 0.717) is 6.07 Å². The Morgan fingerprint density at radius 3 is 2.54 bits per heavy atom. The highest BCUT2D eigenvalue weighted by Gasteiger charge is 2.23. The molecule has 178 valence electrons. The molecule has 0 radical (unpaired) electrons. The molecule has 2 aromatic carbocycles. The molecule has 0 aliphatic carbocycles. The van der Waals surface area contributed by atoms with Crippen LogP contribution >= 0.6 is 0 Å². The lowest BCUT2D eigenvalue weighted by Crippen LogP contribution is -2.28. The molecule has 0 aliphatic rings. The number of anilines is 3. The fourth-order valence-electron chi connectivity index (χ4n) is 3.58. The fraction of sp³-hybridized carbons (Fsp3) is 0.136. The Balaban J connectivity index is 1.99. The average molecular weight is 484 g/mol. The molecule has 0 bridgehead atoms. The Bertz CT molecular complexity index is 1560. The normalized spacial score (nSPS) is 12.0. The second-order valence-corrected chi connectivity index (χ2v) is 7.46. The molecule has 1 atom stereocenters. The van der Waals surface area contributed by atoms with Crippen molar-refractivity contribution in [3.05, 3.63) is 75.3 Å². The van der Waals surface area contributed by atoms with Crippen molar-refractivity contribution in [3.8, 4) is 11.8 Å². The number of aromatic nitrogens is 4. The Morgan fingerprint density at radius 2 is 1.86 bits per heavy atom. The molecule has 0 fully saturated rings. The Morgan fingerprint density at radius 1 is 1.11 bits per heavy atom. The van der Waals surface area contributed by atoms with E-state index in [1.807, 2.05) is 6.07 Å². The SMILES string of the molecule is C[C@H](Nc1nc(N)nc(N)c1C#N)c1nc2cccc(F)c2c(=O)n1-c1cc(F)cc(C(F)F)c1. The minimum atomic E-state index is -3.03. The van der Waals surface area contributed by atoms with Gasteiger partial charge in [0.25, 0.3) is 12.0 Å². The van der Waals surface area contributed by atoms with Crippen LogP contribution in [0.1, 0.15) is 36.3 Å². The number of benzene rings is 2. The van der Waals surface area contributed by atoms with Crippen LogP contribution < -0.4 is 22.3 Å². The number of nitrogens with zero attached hydrogens (tertiary/aromatic N) is 5. The molecule has 0 aliphatic heterocycles. The molecule has 0 saturated heterocycles. The lowest BCUT2D eigenvalue weighted by atomic mass is 10.1. The number of nitrogens with one attached hydrogen (secondary N) is 1. The van der Waals surface area contributed by atoms with Crippen molar-refractivity contribution in [1.82, 2.24) is 19.5 Å². The highest BCUT2D eigenvalue weighted by atomic mass is 19.3. The topological polar surface area (TPSA) is 149 Å². The van der Waals surface area contributed by atoms with Crippen molar-refractivity contribution in [2.75, 3.05) is 16.8 Å². The zero-order valence-corrected chi connectivity index (χ0v) is 17.9. The van der Waals surface area contributed by atoms with Gasteiger partial charge in [0, 0.05) is 5.56 Å². The molecule has 13 heteroatoms. The van der Waals surface area contributed by atoms with Gasteiger partial charge in [-0.25, -0.2) is 22.5 Å². The number of nitriles is 1. The summed E-state index contributed by atoms with van der Waals surface area (Å²) in [4.78, 5) is 25.4. The highest BCUT2D eigenvalue weighted by molar-refractivity contribution is 5.79. The largest absolute Gasteiger partial charge is 0.382 e. The van der Waals surface area contributed by atoms with Crippen LogP contribution in [0.5, 0.6) is 0 Å². The fourth-order valence-corrected chi connectivity index (χ4v) is 3.58. The lowest BCUT2D eigenvalue weighted by Gasteiger charge is -2.21. The van der Waals surface area contributed by atoms with Gasteiger partial charge in [0.2, 0.25) is 5.95 Å². The van der Waals surface area contributed by atoms with Gasteiger partial charge in [-0.2, -0.15) is 15.2 Å². The summed E-state index contributed by atoms with van der Waals surface area (Å²) in [6, 6.07) is 7.01. The summed E-state index contributed by atoms with van der Waals surface area (Å²) in [5, 5.41) is 11.8. The molecule has 9 nitrogen and oxygen atoms in total. The van der Waals surface area contributed by atoms with Crippen LogP contribution in [0.25, 0.3) is 16.6 Å². The average Bonchev–Trinajstić information content (AvgIpc) is 2.78. The van der Waals surface area contributed by atoms with Gasteiger partial charge in [0.1, 0.15) is 40.3 Å². The van der Waals surface area contributed by atoms with Gasteiger partial charge in [0.15, 0.2) is 5.82 Å². The third kappa shape index (κ3) is 4.29. The van der Waals surface area contributed by atoms with E-state index in [2.05, 4.69) is 20.3 Å². The van der Waals surface area contributed by atoms with Crippen LogP contribution in [0, 0.1) is 23.0 Å². The number of halogens is 4. The maximum atomic E-state index is 14.6. The van der Waals surface area contributed by atoms with Crippen LogP contribution in [0.3, 0.4) is 0 Å². The van der Waals surface area contributed by atoms with Crippen molar-refractivity contribution in [3.63, 3.8) is 0 Å². The van der Waals surface area contributed by atoms with Crippen LogP contribution in [-0.2, 0) is 0 Å². The second-order valence-electron chi connectivity index (χ2n) is 7.46. The van der Waals surface area contributed by atoms with Gasteiger partial charge >= 0.3 is 0 Å². The van der Waals surface area contributed by atoms with Crippen molar-refractivity contribution < 1.29 is 17.6 Å². The van der Waals surface area contributed by atoms with Crippen LogP contribution in [-0.4, -0.2) is 19.5 Å². The number of hydrogen-bond donors (Lipinski definition) is 3. The third-order valence-corrected chi connectivity index (χ3v) is 5.09. The van der Waals surface area contributed by atoms with Crippen molar-refractivity contribution in [2.24, 2.45) is 0 Å². The van der Waals surface area contributed by atoms with Crippen molar-refractivity contribution >= 4 is 28.5 Å². The molecule has 35 heavy (non-hydrogen) atoms. The first kappa shape index (κ1) is 23.4. The molecule has 0 amide bonds. The zero-order chi connectivity index (χ0) is 25.4. The maximum absolute atomic E-state index is 14.6. The first-order valence-electron chi connectivity index (χ1n) is 10.0. The van der Waals surface area contributed by atoms with Crippen LogP contribution in [0.4, 0.5) is 35.1 Å². The van der Waals surface area contributed by atoms with Gasteiger partial charge in [0.05, 0.1) is 17.2 Å². The van der Waals surface area contributed by atoms with Gasteiger partial charge in [-0.3, -0.25) is 9.36 Å². The first-order valence-corrected chi connectivity index (χ1v) is 10.0. The third-order valence-electron chi connectivity index (χ3n) is 5.09. The molecule has 0 saturated carbocycles. The summed E-state index contributed by atoms with van der Waals surface area (Å²) >= 11 is 0. The number of fused-ring (bicyclic) bond motifs is 1. The molecule has 2 aromatic heterocycles. The van der Waals surface area contributed by atoms with E-state index in [1.165, 1.54) is 19.1 Å². The predicted molar refractivity (Wildman–Crippen MR) is 120 cm³/mol. The number of hydrogen-bond acceptors (Lipinski definition) is 8. The van der Waals surface area contributed by atoms with Gasteiger partial charge in [-0.15, -0.1) is 0 Å². The number of alkyl halides is 2. The number of nitrogens with two attached hydrogens (primary N) is 2. The highest BCUT2D eigenvalue weighted by Crippen LogP contribution is 2.28. The zero-order valence-electron chi connectivity index (χ0n) is 17.9. The molecule has 4 rings (SSSR count). The summed E-state index contributed by atoms with van der Waals surface area (Å²) in [6.45, 7) is 1.51. The minimum Gasteiger partial charge on any atom is -0.382 e. The van der Waals surface area contributed by atoms with E-state index in [-0.39, 0.29) is 40.2 Å². The smallest absolute Gasteiger partial charge is 0.269 e. The van der Waals surface area contributed by atoms with E-state index in [0.717, 1.165) is 22.8 Å². The van der Waals surface area contributed by atoms with Crippen LogP contribution in [0.2, 0.25) is 0 Å². The second kappa shape index (κ2) is 8.90. The quantitative estimate of drug-likeness (QED) is 0.364. The Hall–Kier alpha value is -4.73. The van der Waals surface area contributed by atoms with E-state index in [1.54, 1.807) is 0 Å². The minimum absolute atomic E-state index is 0.0254. The summed E-state index contributed by atoms with van der Waals surface area (Å²) < 4.78 is 56.3. The molecule has 5 N–H and O–H groups in total. The van der Waals surface area contributed by atoms with Crippen molar-refractivity contribution in [1.29, 1.82) is 5.26 Å². The molecule has 0 spiro atoms. The van der Waals surface area contributed by atoms with E-state index >= 15 is 0 Å². The van der Waals surface area contributed by atoms with Crippen LogP contribution in [0.15, 0.2) is 41.2 Å². The van der Waals surface area contributed by atoms with E-state index in [4.69, 9.17) is 11.5 Å². The molecular formula is C22H16F4N8O. The van der Waals surface area contributed by atoms with Gasteiger partial charge < -0.3 is 16.8 Å². The Labute approximate surface area is 194 Å². The summed E-state index contributed by atoms with van der Waals surface area (Å²) in [7, 11) is 0. The summed E-state index contributed by atoms with van der Waals surface area (Å²) in [5.41, 5.74) is 9.24. The maximum Gasteiger partial charge on any atom is 0.269 e. The standard InChI is InChI=1S/C22H16F4N8O/c1-9(30-19-13(8-27)18(28)32-22(29)33-19)20-31-15-4-2-3-14(24)16(15)21(35)34(20)12-6-10(17(25)26)5-11(23)7-12/h2-7,9,17H,1H3,(H5,28,29,30,32,33)/t9-/m0/s1. The molecular weight excluding hydrogens is 468 g/mol. The molecule has 2 heterocycles. The Kier molecular flexibility index (Phi) is 5.96. The monoisotopic (exact) mass is 484 g/mol. The van der Waals surface area contributed by atoms with E-state index < -0.39 is 40.6 Å². The van der Waals surface area contributed by atoms with E-state index in [9.17, 15) is 27.6 Å². The van der Waals surface area contributed by atoms with Gasteiger partial charge in [-0.1, -0.05) is 6.07 Å². The predicted octanol–water partition coefficient (Wildman–Crippen LogP) is 3.60. The lowest BCUT2D eigenvalue weighted by molar-refractivity contribution is 0.151.